The fourth-order valence-corrected chi connectivity index (χ4v) is 3.54. The Labute approximate surface area is 154 Å². The summed E-state index contributed by atoms with van der Waals surface area (Å²) in [5, 5.41) is 5.83. The number of carbonyl (C=O) groups is 2. The Morgan fingerprint density at radius 3 is 2.69 bits per heavy atom. The maximum atomic E-state index is 12.7. The largest absolute Gasteiger partial charge is 0.331 e. The molecule has 1 aliphatic carbocycles. The highest BCUT2D eigenvalue weighted by atomic mass is 16.2. The van der Waals surface area contributed by atoms with Crippen molar-refractivity contribution in [1.82, 2.24) is 10.2 Å². The van der Waals surface area contributed by atoms with Crippen molar-refractivity contribution in [2.24, 2.45) is 0 Å². The molecule has 2 aromatic rings. The molecule has 2 atom stereocenters. The molecule has 0 radical (unpaired) electrons. The first-order valence-electron chi connectivity index (χ1n) is 8.94. The van der Waals surface area contributed by atoms with Gasteiger partial charge in [0.15, 0.2) is 0 Å². The topological polar surface area (TPSA) is 61.4 Å². The Kier molecular flexibility index (Phi) is 5.26. The van der Waals surface area contributed by atoms with Crippen LogP contribution in [0.3, 0.4) is 0 Å². The zero-order chi connectivity index (χ0) is 18.7. The molecule has 2 N–H and O–H groups in total. The molecule has 3 rings (SSSR count). The number of nitrogens with zero attached hydrogens (tertiary/aromatic N) is 1. The summed E-state index contributed by atoms with van der Waals surface area (Å²) >= 11 is 0. The van der Waals surface area contributed by atoms with Gasteiger partial charge >= 0.3 is 6.03 Å². The number of nitrogens with one attached hydrogen (secondary N) is 2. The van der Waals surface area contributed by atoms with Gasteiger partial charge < -0.3 is 15.5 Å². The lowest BCUT2D eigenvalue weighted by Gasteiger charge is -2.27. The molecule has 0 aliphatic heterocycles. The van der Waals surface area contributed by atoms with Gasteiger partial charge in [-0.2, -0.15) is 0 Å². The number of benzene rings is 2. The number of carbonyl (C=O) groups excluding carboxylic acids is 2. The zero-order valence-electron chi connectivity index (χ0n) is 15.5. The molecule has 0 saturated carbocycles. The zero-order valence-corrected chi connectivity index (χ0v) is 15.5. The summed E-state index contributed by atoms with van der Waals surface area (Å²) in [6.07, 6.45) is 1.96. The highest BCUT2D eigenvalue weighted by molar-refractivity contribution is 5.88. The van der Waals surface area contributed by atoms with Crippen molar-refractivity contribution < 1.29 is 9.59 Å². The molecule has 2 unspecified atom stereocenters. The van der Waals surface area contributed by atoms with E-state index in [1.807, 2.05) is 50.4 Å². The lowest BCUT2D eigenvalue weighted by Crippen LogP contribution is -2.40. The van der Waals surface area contributed by atoms with Gasteiger partial charge in [-0.1, -0.05) is 36.4 Å². The first kappa shape index (κ1) is 18.0. The predicted octanol–water partition coefficient (Wildman–Crippen LogP) is 4.03. The van der Waals surface area contributed by atoms with Crippen LogP contribution in [0, 0.1) is 0 Å². The number of hydrogen-bond acceptors (Lipinski definition) is 2. The third-order valence-corrected chi connectivity index (χ3v) is 4.94. The number of urea groups is 1. The molecule has 26 heavy (non-hydrogen) atoms. The van der Waals surface area contributed by atoms with E-state index in [-0.39, 0.29) is 24.0 Å². The quantitative estimate of drug-likeness (QED) is 0.873. The molecule has 5 nitrogen and oxygen atoms in total. The molecule has 0 heterocycles. The van der Waals surface area contributed by atoms with Crippen molar-refractivity contribution in [3.8, 4) is 0 Å². The average molecular weight is 351 g/mol. The number of amides is 3. The fourth-order valence-electron chi connectivity index (χ4n) is 3.54. The van der Waals surface area contributed by atoms with Crippen LogP contribution in [0.25, 0.3) is 0 Å². The third kappa shape index (κ3) is 3.87. The van der Waals surface area contributed by atoms with Crippen LogP contribution in [0.15, 0.2) is 48.5 Å². The normalized spacial score (nSPS) is 16.5. The number of aryl methyl sites for hydroxylation is 1. The fraction of sp³-hybridized carbons (Fsp3) is 0.333. The lowest BCUT2D eigenvalue weighted by molar-refractivity contribution is -0.114. The molecular weight excluding hydrogens is 326 g/mol. The van der Waals surface area contributed by atoms with E-state index >= 15 is 0 Å². The Morgan fingerprint density at radius 1 is 1.15 bits per heavy atom. The van der Waals surface area contributed by atoms with E-state index in [9.17, 15) is 9.59 Å². The second kappa shape index (κ2) is 7.60. The van der Waals surface area contributed by atoms with Gasteiger partial charge in [0.05, 0.1) is 12.1 Å². The van der Waals surface area contributed by atoms with Crippen molar-refractivity contribution >= 4 is 17.6 Å². The molecule has 0 spiro atoms. The molecule has 0 bridgehead atoms. The first-order chi connectivity index (χ1) is 12.5. The van der Waals surface area contributed by atoms with Gasteiger partial charge in [0.25, 0.3) is 0 Å². The van der Waals surface area contributed by atoms with Crippen LogP contribution in [0.4, 0.5) is 10.5 Å². The van der Waals surface area contributed by atoms with Crippen LogP contribution in [-0.2, 0) is 11.2 Å². The second-order valence-corrected chi connectivity index (χ2v) is 6.84. The van der Waals surface area contributed by atoms with E-state index in [0.717, 1.165) is 24.1 Å². The van der Waals surface area contributed by atoms with Gasteiger partial charge in [0, 0.05) is 19.7 Å². The smallest absolute Gasteiger partial charge is 0.318 e. The molecular formula is C21H25N3O2. The van der Waals surface area contributed by atoms with Gasteiger partial charge in [-0.3, -0.25) is 4.79 Å². The predicted molar refractivity (Wildman–Crippen MR) is 103 cm³/mol. The Balaban J connectivity index is 1.67. The summed E-state index contributed by atoms with van der Waals surface area (Å²) in [6, 6.07) is 15.7. The van der Waals surface area contributed by atoms with Crippen LogP contribution in [0.1, 0.15) is 49.0 Å². The summed E-state index contributed by atoms with van der Waals surface area (Å²) in [4.78, 5) is 25.7. The third-order valence-electron chi connectivity index (χ3n) is 4.94. The number of anilines is 1. The minimum atomic E-state index is -0.157. The van der Waals surface area contributed by atoms with Crippen molar-refractivity contribution in [2.75, 3.05) is 12.4 Å². The molecule has 2 aromatic carbocycles. The molecule has 1 aliphatic rings. The van der Waals surface area contributed by atoms with Crippen LogP contribution < -0.4 is 10.6 Å². The Bertz CT molecular complexity index is 818. The number of rotatable bonds is 4. The molecule has 0 aromatic heterocycles. The van der Waals surface area contributed by atoms with Crippen molar-refractivity contribution in [3.63, 3.8) is 0 Å². The van der Waals surface area contributed by atoms with Gasteiger partial charge in [-0.05, 0) is 48.6 Å². The maximum Gasteiger partial charge on any atom is 0.318 e. The lowest BCUT2D eigenvalue weighted by atomic mass is 10.1. The molecule has 3 amide bonds. The van der Waals surface area contributed by atoms with Crippen LogP contribution in [0.2, 0.25) is 0 Å². The minimum Gasteiger partial charge on any atom is -0.331 e. The van der Waals surface area contributed by atoms with Crippen LogP contribution in [-0.4, -0.2) is 23.9 Å². The van der Waals surface area contributed by atoms with Gasteiger partial charge in [0.1, 0.15) is 0 Å². The molecule has 0 fully saturated rings. The Hall–Kier alpha value is -2.82. The van der Waals surface area contributed by atoms with Crippen LogP contribution >= 0.6 is 0 Å². The summed E-state index contributed by atoms with van der Waals surface area (Å²) in [7, 11) is 1.85. The number of fused-ring (bicyclic) bond motifs is 1. The highest BCUT2D eigenvalue weighted by Crippen LogP contribution is 2.34. The average Bonchev–Trinajstić information content (AvgIpc) is 3.04. The van der Waals surface area contributed by atoms with Crippen molar-refractivity contribution in [3.05, 3.63) is 65.2 Å². The summed E-state index contributed by atoms with van der Waals surface area (Å²) < 4.78 is 0. The van der Waals surface area contributed by atoms with E-state index in [4.69, 9.17) is 0 Å². The summed E-state index contributed by atoms with van der Waals surface area (Å²) in [5.41, 5.74) is 4.25. The summed E-state index contributed by atoms with van der Waals surface area (Å²) in [5.74, 6) is -0.113. The first-order valence-corrected chi connectivity index (χ1v) is 8.94. The molecule has 5 heteroatoms. The van der Waals surface area contributed by atoms with E-state index in [0.29, 0.717) is 0 Å². The monoisotopic (exact) mass is 351 g/mol. The standard InChI is InChI=1S/C21H25N3O2/c1-14(17-8-6-9-18(13-17)23-15(2)25)22-21(26)24(3)20-12-11-16-7-4-5-10-19(16)20/h4-10,13-14,20H,11-12H2,1-3H3,(H,22,26)(H,23,25). The summed E-state index contributed by atoms with van der Waals surface area (Å²) in [6.45, 7) is 3.42. The Morgan fingerprint density at radius 2 is 1.92 bits per heavy atom. The molecule has 136 valence electrons. The van der Waals surface area contributed by atoms with E-state index < -0.39 is 0 Å². The number of hydrogen-bond donors (Lipinski definition) is 2. The van der Waals surface area contributed by atoms with E-state index in [1.165, 1.54) is 18.1 Å². The van der Waals surface area contributed by atoms with Crippen molar-refractivity contribution in [1.29, 1.82) is 0 Å². The van der Waals surface area contributed by atoms with Gasteiger partial charge in [-0.15, -0.1) is 0 Å². The second-order valence-electron chi connectivity index (χ2n) is 6.84. The van der Waals surface area contributed by atoms with Gasteiger partial charge in [0.2, 0.25) is 5.91 Å². The molecule has 0 saturated heterocycles. The van der Waals surface area contributed by atoms with E-state index in [1.54, 1.807) is 4.90 Å². The van der Waals surface area contributed by atoms with E-state index in [2.05, 4.69) is 22.8 Å². The maximum absolute atomic E-state index is 12.7. The van der Waals surface area contributed by atoms with Gasteiger partial charge in [-0.25, -0.2) is 4.79 Å². The SMILES string of the molecule is CC(=O)Nc1cccc(C(C)NC(=O)N(C)C2CCc3ccccc32)c1. The highest BCUT2D eigenvalue weighted by Gasteiger charge is 2.28. The minimum absolute atomic E-state index is 0.0934. The van der Waals surface area contributed by atoms with Crippen LogP contribution in [0.5, 0.6) is 0 Å². The van der Waals surface area contributed by atoms with Crippen molar-refractivity contribution in [2.45, 2.75) is 38.8 Å².